The molecule has 12 nitrogen and oxygen atoms in total. The van der Waals surface area contributed by atoms with Gasteiger partial charge in [-0.2, -0.15) is 0 Å². The second-order valence-corrected chi connectivity index (χ2v) is 8.85. The number of pyridine rings is 2. The molecular weight excluding hydrogens is 502 g/mol. The van der Waals surface area contributed by atoms with Gasteiger partial charge in [0, 0.05) is 43.1 Å². The highest BCUT2D eigenvalue weighted by atomic mass is 16.5. The Hall–Kier alpha value is -4.55. The maximum absolute atomic E-state index is 13.7. The Morgan fingerprint density at radius 1 is 1.08 bits per heavy atom. The lowest BCUT2D eigenvalue weighted by Gasteiger charge is -2.30. The Kier molecular flexibility index (Phi) is 7.94. The monoisotopic (exact) mass is 531 g/mol. The molecule has 0 bridgehead atoms. The van der Waals surface area contributed by atoms with Gasteiger partial charge in [0.05, 0.1) is 45.7 Å². The fraction of sp³-hybridized carbons (Fsp3) is 0.296. The molecule has 0 saturated heterocycles. The molecule has 1 aromatic carbocycles. The van der Waals surface area contributed by atoms with Crippen LogP contribution in [0.25, 0.3) is 10.9 Å². The molecule has 1 unspecified atom stereocenters. The van der Waals surface area contributed by atoms with Crippen molar-refractivity contribution >= 4 is 10.9 Å². The number of ether oxygens (including phenoxy) is 3. The van der Waals surface area contributed by atoms with Crippen molar-refractivity contribution in [1.29, 1.82) is 0 Å². The first kappa shape index (κ1) is 26.1. The first-order valence-corrected chi connectivity index (χ1v) is 12.3. The topological polar surface area (TPSA) is 133 Å². The molecular formula is C27H29N7O5. The Morgan fingerprint density at radius 2 is 1.92 bits per heavy atom. The molecule has 0 aliphatic rings. The van der Waals surface area contributed by atoms with Gasteiger partial charge in [-0.1, -0.05) is 6.07 Å². The third kappa shape index (κ3) is 5.66. The molecule has 5 aromatic rings. The summed E-state index contributed by atoms with van der Waals surface area (Å²) >= 11 is 0. The number of benzene rings is 1. The van der Waals surface area contributed by atoms with Gasteiger partial charge in [0.2, 0.25) is 0 Å². The van der Waals surface area contributed by atoms with Crippen molar-refractivity contribution in [3.05, 3.63) is 94.2 Å². The summed E-state index contributed by atoms with van der Waals surface area (Å²) in [6.07, 6.45) is 5.14. The number of hydrogen-bond donors (Lipinski definition) is 1. The smallest absolute Gasteiger partial charge is 0.253 e. The molecule has 39 heavy (non-hydrogen) atoms. The maximum atomic E-state index is 13.7. The largest absolute Gasteiger partial charge is 0.493 e. The normalized spacial score (nSPS) is 12.2. The molecule has 0 amide bonds. The van der Waals surface area contributed by atoms with Crippen molar-refractivity contribution in [3.63, 3.8) is 0 Å². The summed E-state index contributed by atoms with van der Waals surface area (Å²) in [7, 11) is 4.74. The average molecular weight is 532 g/mol. The second-order valence-electron chi connectivity index (χ2n) is 8.85. The fourth-order valence-electron chi connectivity index (χ4n) is 4.56. The van der Waals surface area contributed by atoms with Gasteiger partial charge in [-0.05, 0) is 46.3 Å². The lowest BCUT2D eigenvalue weighted by Crippen LogP contribution is -2.35. The number of tetrazole rings is 1. The number of H-pyrrole nitrogens is 1. The van der Waals surface area contributed by atoms with Crippen molar-refractivity contribution in [1.82, 2.24) is 35.1 Å². The van der Waals surface area contributed by atoms with E-state index in [4.69, 9.17) is 18.6 Å². The molecule has 1 N–H and O–H groups in total. The minimum absolute atomic E-state index is 0.281. The molecule has 4 heterocycles. The molecule has 0 saturated carbocycles. The molecule has 0 aliphatic carbocycles. The summed E-state index contributed by atoms with van der Waals surface area (Å²) in [6, 6.07) is 12.3. The summed E-state index contributed by atoms with van der Waals surface area (Å²) in [5.74, 6) is 2.29. The SMILES string of the molecule is COCCn1nnnc1C(c1cc2cc(OC)c(OC)cc2[nH]c1=O)N(Cc1cccnc1)Cc1ccco1. The zero-order chi connectivity index (χ0) is 27.2. The Morgan fingerprint density at radius 3 is 2.64 bits per heavy atom. The van der Waals surface area contributed by atoms with E-state index in [1.54, 1.807) is 50.7 Å². The minimum atomic E-state index is -0.650. The number of nitrogens with zero attached hydrogens (tertiary/aromatic N) is 6. The average Bonchev–Trinajstić information content (AvgIpc) is 3.64. The van der Waals surface area contributed by atoms with E-state index in [0.717, 1.165) is 16.7 Å². The summed E-state index contributed by atoms with van der Waals surface area (Å²) in [5.41, 5.74) is 1.74. The number of furan rings is 1. The van der Waals surface area contributed by atoms with E-state index in [1.165, 1.54) is 0 Å². The first-order valence-electron chi connectivity index (χ1n) is 12.3. The lowest BCUT2D eigenvalue weighted by atomic mass is 10.0. The Bertz CT molecular complexity index is 1570. The zero-order valence-corrected chi connectivity index (χ0v) is 21.9. The number of aromatic nitrogens is 6. The van der Waals surface area contributed by atoms with Gasteiger partial charge >= 0.3 is 0 Å². The Labute approximate surface area is 224 Å². The number of hydrogen-bond acceptors (Lipinski definition) is 10. The molecule has 0 aliphatic heterocycles. The van der Waals surface area contributed by atoms with Gasteiger partial charge in [-0.15, -0.1) is 5.10 Å². The number of rotatable bonds is 12. The van der Waals surface area contributed by atoms with Gasteiger partial charge in [0.1, 0.15) is 11.8 Å². The van der Waals surface area contributed by atoms with Crippen LogP contribution >= 0.6 is 0 Å². The molecule has 202 valence electrons. The standard InChI is InChI=1S/C27H29N7O5/c1-36-11-9-34-26(30-31-32-34)25(33(17-20-7-5-10-39-20)16-18-6-4-8-28-15-18)21-12-19-13-23(37-2)24(38-3)14-22(19)29-27(21)35/h4-8,10,12-15,25H,9,11,16-17H2,1-3H3,(H,29,35). The fourth-order valence-corrected chi connectivity index (χ4v) is 4.56. The quantitative estimate of drug-likeness (QED) is 0.256. The third-order valence-corrected chi connectivity index (χ3v) is 6.40. The number of methoxy groups -OCH3 is 3. The molecule has 0 fully saturated rings. The predicted octanol–water partition coefficient (Wildman–Crippen LogP) is 2.96. The molecule has 1 atom stereocenters. The van der Waals surface area contributed by atoms with Gasteiger partial charge in [-0.3, -0.25) is 14.7 Å². The van der Waals surface area contributed by atoms with Gasteiger partial charge in [-0.25, -0.2) is 4.68 Å². The molecule has 12 heteroatoms. The van der Waals surface area contributed by atoms with E-state index in [9.17, 15) is 4.79 Å². The highest BCUT2D eigenvalue weighted by molar-refractivity contribution is 5.83. The van der Waals surface area contributed by atoms with E-state index in [-0.39, 0.29) is 5.56 Å². The van der Waals surface area contributed by atoms with Crippen molar-refractivity contribution < 1.29 is 18.6 Å². The first-order chi connectivity index (χ1) is 19.1. The lowest BCUT2D eigenvalue weighted by molar-refractivity contribution is 0.163. The van der Waals surface area contributed by atoms with Crippen molar-refractivity contribution in [3.8, 4) is 11.5 Å². The summed E-state index contributed by atoms with van der Waals surface area (Å²) in [6.45, 7) is 1.64. The van der Waals surface area contributed by atoms with Crippen LogP contribution < -0.4 is 15.0 Å². The van der Waals surface area contributed by atoms with E-state index < -0.39 is 6.04 Å². The zero-order valence-electron chi connectivity index (χ0n) is 21.9. The second kappa shape index (κ2) is 11.9. The van der Waals surface area contributed by atoms with Crippen LogP contribution in [-0.4, -0.2) is 63.0 Å². The molecule has 0 radical (unpaired) electrons. The van der Waals surface area contributed by atoms with Crippen molar-refractivity contribution in [2.75, 3.05) is 27.9 Å². The van der Waals surface area contributed by atoms with E-state index >= 15 is 0 Å². The molecule has 0 spiro atoms. The number of aromatic amines is 1. The van der Waals surface area contributed by atoms with Crippen LogP contribution in [0.4, 0.5) is 0 Å². The predicted molar refractivity (Wildman–Crippen MR) is 141 cm³/mol. The number of nitrogens with one attached hydrogen (secondary N) is 1. The van der Waals surface area contributed by atoms with E-state index in [2.05, 4.69) is 30.4 Å². The van der Waals surface area contributed by atoms with E-state index in [0.29, 0.717) is 54.6 Å². The summed E-state index contributed by atoms with van der Waals surface area (Å²) in [4.78, 5) is 23.1. The minimum Gasteiger partial charge on any atom is -0.493 e. The Balaban J connectivity index is 1.70. The summed E-state index contributed by atoms with van der Waals surface area (Å²) < 4.78 is 23.6. The molecule has 4 aromatic heterocycles. The van der Waals surface area contributed by atoms with Crippen LogP contribution in [0.15, 0.2) is 70.3 Å². The van der Waals surface area contributed by atoms with Crippen LogP contribution in [0.3, 0.4) is 0 Å². The van der Waals surface area contributed by atoms with Crippen LogP contribution in [0.5, 0.6) is 11.5 Å². The van der Waals surface area contributed by atoms with Crippen molar-refractivity contribution in [2.24, 2.45) is 0 Å². The maximum Gasteiger partial charge on any atom is 0.253 e. The summed E-state index contributed by atoms with van der Waals surface area (Å²) in [5, 5.41) is 13.3. The number of fused-ring (bicyclic) bond motifs is 1. The van der Waals surface area contributed by atoms with Gasteiger partial charge < -0.3 is 23.6 Å². The van der Waals surface area contributed by atoms with Gasteiger partial charge in [0.15, 0.2) is 17.3 Å². The van der Waals surface area contributed by atoms with Crippen LogP contribution in [0.2, 0.25) is 0 Å². The van der Waals surface area contributed by atoms with Crippen molar-refractivity contribution in [2.45, 2.75) is 25.7 Å². The van der Waals surface area contributed by atoms with E-state index in [1.807, 2.05) is 36.4 Å². The highest BCUT2D eigenvalue weighted by Crippen LogP contribution is 2.34. The third-order valence-electron chi connectivity index (χ3n) is 6.40. The molecule has 5 rings (SSSR count). The highest BCUT2D eigenvalue weighted by Gasteiger charge is 2.31. The van der Waals surface area contributed by atoms with Crippen LogP contribution in [0.1, 0.15) is 28.8 Å². The van der Waals surface area contributed by atoms with Gasteiger partial charge in [0.25, 0.3) is 5.56 Å². The van der Waals surface area contributed by atoms with Crippen LogP contribution in [-0.2, 0) is 24.4 Å². The van der Waals surface area contributed by atoms with Crippen LogP contribution in [0, 0.1) is 0 Å².